The Hall–Kier alpha value is -0.540. The second-order valence-corrected chi connectivity index (χ2v) is 6.43. The maximum atomic E-state index is 9.37. The van der Waals surface area contributed by atoms with Gasteiger partial charge in [0.05, 0.1) is 0 Å². The summed E-state index contributed by atoms with van der Waals surface area (Å²) in [7, 11) is 0. The van der Waals surface area contributed by atoms with Gasteiger partial charge in [-0.15, -0.1) is 0 Å². The first-order chi connectivity index (χ1) is 9.06. The van der Waals surface area contributed by atoms with Crippen LogP contribution in [0.2, 0.25) is 10.0 Å². The third-order valence-electron chi connectivity index (χ3n) is 2.86. The van der Waals surface area contributed by atoms with Crippen molar-refractivity contribution in [2.75, 3.05) is 5.75 Å². The Labute approximate surface area is 139 Å². The summed E-state index contributed by atoms with van der Waals surface area (Å²) in [5, 5.41) is 10.8. The summed E-state index contributed by atoms with van der Waals surface area (Å²) < 4.78 is 0. The molecular weight excluding hydrogens is 335 g/mol. The first-order valence-corrected chi connectivity index (χ1v) is 7.81. The van der Waals surface area contributed by atoms with Crippen LogP contribution in [0, 0.1) is 6.92 Å². The molecule has 2 rings (SSSR count). The van der Waals surface area contributed by atoms with Crippen molar-refractivity contribution in [2.45, 2.75) is 18.2 Å². The van der Waals surface area contributed by atoms with Crippen molar-refractivity contribution in [3.63, 3.8) is 0 Å². The first kappa shape index (κ1) is 17.5. The summed E-state index contributed by atoms with van der Waals surface area (Å²) in [6.45, 7) is 2.01. The van der Waals surface area contributed by atoms with Crippen LogP contribution in [0.1, 0.15) is 11.1 Å². The zero-order valence-corrected chi connectivity index (χ0v) is 14.1. The average molecular weight is 350 g/mol. The minimum absolute atomic E-state index is 0. The Bertz CT molecular complexity index is 536. The minimum atomic E-state index is 0. The molecule has 0 aliphatic carbocycles. The fourth-order valence-electron chi connectivity index (χ4n) is 1.84. The molecule has 5 heteroatoms. The third-order valence-corrected chi connectivity index (χ3v) is 4.74. The van der Waals surface area contributed by atoms with Crippen LogP contribution >= 0.6 is 23.2 Å². The number of phenolic OH excluding ortho intramolecular Hbond substituents is 1. The smallest absolute Gasteiger partial charge is 0.155 e. The highest BCUT2D eigenvalue weighted by Crippen LogP contribution is 2.22. The van der Waals surface area contributed by atoms with E-state index in [0.717, 1.165) is 28.3 Å². The lowest BCUT2D eigenvalue weighted by Gasteiger charge is -2.02. The molecule has 0 heterocycles. The molecule has 0 radical (unpaired) electrons. The van der Waals surface area contributed by atoms with E-state index < -0.39 is 0 Å². The van der Waals surface area contributed by atoms with Gasteiger partial charge in [0.2, 0.25) is 0 Å². The number of aromatic hydroxyl groups is 1. The largest absolute Gasteiger partial charge is 1.00 e. The lowest BCUT2D eigenvalue weighted by Crippen LogP contribution is -3.00. The summed E-state index contributed by atoms with van der Waals surface area (Å²) >= 11 is 13.3. The third kappa shape index (κ3) is 4.78. The molecule has 1 nitrogen and oxygen atoms in total. The van der Waals surface area contributed by atoms with Crippen molar-refractivity contribution in [3.8, 4) is 5.75 Å². The monoisotopic (exact) mass is 348 g/mol. The Morgan fingerprint density at radius 1 is 1.10 bits per heavy atom. The van der Waals surface area contributed by atoms with E-state index in [-0.39, 0.29) is 12.4 Å². The van der Waals surface area contributed by atoms with Gasteiger partial charge in [-0.1, -0.05) is 29.3 Å². The normalized spacial score (nSPS) is 10.2. The minimum Gasteiger partial charge on any atom is -1.00 e. The number of halogens is 3. The molecule has 108 valence electrons. The molecule has 2 aromatic carbocycles. The molecule has 0 spiro atoms. The molecule has 2 aromatic rings. The number of benzene rings is 2. The quantitative estimate of drug-likeness (QED) is 0.654. The van der Waals surface area contributed by atoms with Crippen molar-refractivity contribution in [3.05, 3.63) is 57.6 Å². The van der Waals surface area contributed by atoms with Gasteiger partial charge in [-0.25, -0.2) is 0 Å². The fraction of sp³-hybridized carbons (Fsp3) is 0.200. The first-order valence-electron chi connectivity index (χ1n) is 5.97. The topological polar surface area (TPSA) is 20.2 Å². The van der Waals surface area contributed by atoms with E-state index in [0.29, 0.717) is 10.8 Å². The van der Waals surface area contributed by atoms with Crippen LogP contribution in [0.25, 0.3) is 0 Å². The molecule has 0 aliphatic heterocycles. The van der Waals surface area contributed by atoms with E-state index in [1.54, 1.807) is 18.2 Å². The molecule has 0 aromatic heterocycles. The highest BCUT2D eigenvalue weighted by molar-refractivity contribution is 7.78. The molecule has 0 saturated carbocycles. The van der Waals surface area contributed by atoms with Gasteiger partial charge in [0, 0.05) is 33.8 Å². The lowest BCUT2D eigenvalue weighted by atomic mass is 10.2. The molecule has 20 heavy (non-hydrogen) atoms. The summed E-state index contributed by atoms with van der Waals surface area (Å²) in [4.78, 5) is 1.24. The summed E-state index contributed by atoms with van der Waals surface area (Å²) in [6, 6.07) is 11.1. The van der Waals surface area contributed by atoms with Gasteiger partial charge in [0.15, 0.2) is 4.90 Å². The maximum Gasteiger partial charge on any atom is 0.155 e. The second-order valence-electron chi connectivity index (χ2n) is 4.34. The van der Waals surface area contributed by atoms with Gasteiger partial charge in [0.1, 0.15) is 11.5 Å². The summed E-state index contributed by atoms with van der Waals surface area (Å²) in [6.07, 6.45) is 0.915. The Balaban J connectivity index is 0.00000200. The van der Waals surface area contributed by atoms with Gasteiger partial charge in [-0.05, 0) is 42.8 Å². The predicted molar refractivity (Wildman–Crippen MR) is 84.9 cm³/mol. The van der Waals surface area contributed by atoms with E-state index in [1.807, 2.05) is 25.1 Å². The number of thiol groups is 1. The average Bonchev–Trinajstić information content (AvgIpc) is 2.34. The number of hydrogen-bond acceptors (Lipinski definition) is 1. The highest BCUT2D eigenvalue weighted by atomic mass is 35.5. The molecule has 1 N–H and O–H groups in total. The molecule has 0 amide bonds. The standard InChI is InChI=1S/C15H14Cl2OS.ClH/c1-10-8-13(18)4-5-15(10)19-7-6-11-2-3-12(16)9-14(11)17;/h2-5,8-9,18H,6-7H2,1H3;1H. The number of phenols is 1. The number of aryl methyl sites for hydroxylation is 2. The van der Waals surface area contributed by atoms with Gasteiger partial charge in [-0.3, -0.25) is 0 Å². The molecule has 0 unspecified atom stereocenters. The summed E-state index contributed by atoms with van der Waals surface area (Å²) in [5.41, 5.74) is 2.24. The SMILES string of the molecule is Cc1cc(O)ccc1[SH+]CCc1ccc(Cl)cc1Cl.[Cl-]. The Morgan fingerprint density at radius 3 is 2.50 bits per heavy atom. The van der Waals surface area contributed by atoms with Gasteiger partial charge >= 0.3 is 0 Å². The van der Waals surface area contributed by atoms with Crippen LogP contribution in [-0.4, -0.2) is 10.9 Å². The highest BCUT2D eigenvalue weighted by Gasteiger charge is 2.09. The van der Waals surface area contributed by atoms with Crippen molar-refractivity contribution in [2.24, 2.45) is 0 Å². The van der Waals surface area contributed by atoms with E-state index in [1.165, 1.54) is 16.7 Å². The van der Waals surface area contributed by atoms with E-state index in [9.17, 15) is 5.11 Å². The zero-order chi connectivity index (χ0) is 13.8. The Morgan fingerprint density at radius 2 is 1.85 bits per heavy atom. The maximum absolute atomic E-state index is 9.37. The van der Waals surface area contributed by atoms with E-state index in [2.05, 4.69) is 0 Å². The van der Waals surface area contributed by atoms with Crippen molar-refractivity contribution in [1.29, 1.82) is 0 Å². The molecule has 0 fully saturated rings. The van der Waals surface area contributed by atoms with Crippen LogP contribution in [0.3, 0.4) is 0 Å². The number of hydrogen-bond donors (Lipinski definition) is 1. The van der Waals surface area contributed by atoms with Gasteiger partial charge in [-0.2, -0.15) is 0 Å². The molecule has 0 atom stereocenters. The Kier molecular flexibility index (Phi) is 7.04. The molecule has 0 bridgehead atoms. The van der Waals surface area contributed by atoms with Gasteiger partial charge < -0.3 is 17.5 Å². The lowest BCUT2D eigenvalue weighted by molar-refractivity contribution is -0.00000475. The van der Waals surface area contributed by atoms with Crippen LogP contribution < -0.4 is 12.4 Å². The molecule has 0 saturated heterocycles. The molecule has 0 aliphatic rings. The van der Waals surface area contributed by atoms with Crippen LogP contribution in [0.4, 0.5) is 0 Å². The summed E-state index contributed by atoms with van der Waals surface area (Å²) in [5.74, 6) is 1.31. The zero-order valence-electron chi connectivity index (χ0n) is 10.9. The fourth-order valence-corrected chi connectivity index (χ4v) is 3.43. The second kappa shape index (κ2) is 8.04. The van der Waals surface area contributed by atoms with Crippen LogP contribution in [0.15, 0.2) is 41.3 Å². The predicted octanol–water partition coefficient (Wildman–Crippen LogP) is 1.43. The van der Waals surface area contributed by atoms with Crippen molar-refractivity contribution in [1.82, 2.24) is 0 Å². The van der Waals surface area contributed by atoms with Crippen LogP contribution in [0.5, 0.6) is 5.75 Å². The van der Waals surface area contributed by atoms with Crippen LogP contribution in [-0.2, 0) is 18.2 Å². The molecular formula is C15H15Cl3OS. The van der Waals surface area contributed by atoms with Gasteiger partial charge in [0.25, 0.3) is 0 Å². The van der Waals surface area contributed by atoms with E-state index in [4.69, 9.17) is 23.2 Å². The van der Waals surface area contributed by atoms with E-state index >= 15 is 0 Å². The number of rotatable bonds is 4. The van der Waals surface area contributed by atoms with Crippen molar-refractivity contribution >= 4 is 35.0 Å². The van der Waals surface area contributed by atoms with Crippen molar-refractivity contribution < 1.29 is 17.5 Å².